The zero-order valence-electron chi connectivity index (χ0n) is 16.9. The lowest BCUT2D eigenvalue weighted by atomic mass is 9.77. The van der Waals surface area contributed by atoms with Gasteiger partial charge in [0.05, 0.1) is 6.54 Å². The van der Waals surface area contributed by atoms with Gasteiger partial charge in [0.15, 0.2) is 11.6 Å². The van der Waals surface area contributed by atoms with Gasteiger partial charge >= 0.3 is 0 Å². The second kappa shape index (κ2) is 11.1. The molecule has 1 fully saturated rings. The molecule has 1 saturated carbocycles. The fourth-order valence-electron chi connectivity index (χ4n) is 3.91. The van der Waals surface area contributed by atoms with E-state index < -0.39 is 0 Å². The van der Waals surface area contributed by atoms with Crippen molar-refractivity contribution in [3.05, 3.63) is 42.2 Å². The van der Waals surface area contributed by atoms with E-state index in [-0.39, 0.29) is 24.1 Å². The van der Waals surface area contributed by atoms with Crippen molar-refractivity contribution in [3.8, 4) is 5.75 Å². The van der Waals surface area contributed by atoms with Crippen molar-refractivity contribution in [2.45, 2.75) is 64.2 Å². The highest BCUT2D eigenvalue weighted by Crippen LogP contribution is 2.38. The second-order valence-corrected chi connectivity index (χ2v) is 7.72. The fraction of sp³-hybridized carbons (Fsp3) is 0.609. The molecule has 0 spiro atoms. The molecule has 0 atom stereocenters. The third kappa shape index (κ3) is 6.67. The molecule has 0 saturated heterocycles. The Morgan fingerprint density at radius 3 is 2.67 bits per heavy atom. The zero-order chi connectivity index (χ0) is 19.6. The number of hydrogen-bond donors (Lipinski definition) is 0. The summed E-state index contributed by atoms with van der Waals surface area (Å²) >= 11 is 0. The average Bonchev–Trinajstić information content (AvgIpc) is 2.69. The van der Waals surface area contributed by atoms with Crippen LogP contribution in [0.5, 0.6) is 5.75 Å². The van der Waals surface area contributed by atoms with Crippen molar-refractivity contribution < 1.29 is 13.9 Å². The van der Waals surface area contributed by atoms with Gasteiger partial charge in [-0.1, -0.05) is 45.3 Å². The summed E-state index contributed by atoms with van der Waals surface area (Å²) in [6, 6.07) is 5.36. The molecule has 0 heterocycles. The van der Waals surface area contributed by atoms with Gasteiger partial charge in [-0.05, 0) is 61.3 Å². The first-order valence-electron chi connectivity index (χ1n) is 10.3. The summed E-state index contributed by atoms with van der Waals surface area (Å²) in [6.45, 7) is 6.35. The van der Waals surface area contributed by atoms with Crippen LogP contribution in [0.15, 0.2) is 30.9 Å². The number of nitrogens with zero attached hydrogens (tertiary/aromatic N) is 1. The number of carbonyl (C=O) groups is 1. The first-order valence-corrected chi connectivity index (χ1v) is 10.3. The lowest BCUT2D eigenvalue weighted by molar-refractivity contribution is -0.125. The van der Waals surface area contributed by atoms with Crippen molar-refractivity contribution in [1.82, 2.24) is 4.90 Å². The topological polar surface area (TPSA) is 29.5 Å². The van der Waals surface area contributed by atoms with Crippen LogP contribution in [0.1, 0.15) is 69.8 Å². The van der Waals surface area contributed by atoms with Crippen LogP contribution in [0.4, 0.5) is 4.39 Å². The van der Waals surface area contributed by atoms with Crippen LogP contribution < -0.4 is 4.74 Å². The second-order valence-electron chi connectivity index (χ2n) is 7.72. The highest BCUT2D eigenvalue weighted by molar-refractivity contribution is 5.86. The smallest absolute Gasteiger partial charge is 0.245 e. The summed E-state index contributed by atoms with van der Waals surface area (Å²) in [4.78, 5) is 12.9. The molecule has 0 aliphatic heterocycles. The molecule has 4 heteroatoms. The van der Waals surface area contributed by atoms with Gasteiger partial charge in [-0.3, -0.25) is 4.79 Å². The number of benzene rings is 1. The van der Waals surface area contributed by atoms with Gasteiger partial charge in [-0.15, -0.1) is 0 Å². The van der Waals surface area contributed by atoms with Gasteiger partial charge < -0.3 is 9.64 Å². The van der Waals surface area contributed by atoms with E-state index in [9.17, 15) is 9.18 Å². The van der Waals surface area contributed by atoms with Crippen LogP contribution >= 0.6 is 0 Å². The highest BCUT2D eigenvalue weighted by Gasteiger charge is 2.23. The predicted octanol–water partition coefficient (Wildman–Crippen LogP) is 5.70. The van der Waals surface area contributed by atoms with Crippen LogP contribution in [0.2, 0.25) is 0 Å². The largest absolute Gasteiger partial charge is 0.489 e. The van der Waals surface area contributed by atoms with Crippen LogP contribution in [-0.2, 0) is 4.79 Å². The monoisotopic (exact) mass is 375 g/mol. The summed E-state index contributed by atoms with van der Waals surface area (Å²) < 4.78 is 19.9. The average molecular weight is 376 g/mol. The van der Waals surface area contributed by atoms with E-state index in [2.05, 4.69) is 13.5 Å². The molecule has 27 heavy (non-hydrogen) atoms. The Balaban J connectivity index is 1.81. The van der Waals surface area contributed by atoms with E-state index in [0.717, 1.165) is 24.3 Å². The summed E-state index contributed by atoms with van der Waals surface area (Å²) in [5, 5.41) is 0. The molecule has 1 aromatic carbocycles. The SMILES string of the molecule is C=CC(=O)N(C)CCOc1ccc(C2CCC(CCCCC)CC2)cc1F. The van der Waals surface area contributed by atoms with E-state index in [4.69, 9.17) is 4.74 Å². The summed E-state index contributed by atoms with van der Waals surface area (Å²) in [7, 11) is 1.67. The number of hydrogen-bond acceptors (Lipinski definition) is 2. The fourth-order valence-corrected chi connectivity index (χ4v) is 3.91. The normalized spacial score (nSPS) is 19.5. The Labute approximate surface area is 163 Å². The molecule has 1 aliphatic rings. The third-order valence-electron chi connectivity index (χ3n) is 5.73. The van der Waals surface area contributed by atoms with Crippen LogP contribution in [-0.4, -0.2) is 31.0 Å². The highest BCUT2D eigenvalue weighted by atomic mass is 19.1. The van der Waals surface area contributed by atoms with Gasteiger partial charge in [-0.2, -0.15) is 0 Å². The molecule has 1 amide bonds. The Kier molecular flexibility index (Phi) is 8.83. The van der Waals surface area contributed by atoms with Crippen molar-refractivity contribution in [2.24, 2.45) is 5.92 Å². The molecular weight excluding hydrogens is 341 g/mol. The molecule has 1 aromatic rings. The van der Waals surface area contributed by atoms with E-state index in [1.165, 1.54) is 49.5 Å². The lowest BCUT2D eigenvalue weighted by Crippen LogP contribution is -2.29. The van der Waals surface area contributed by atoms with Crippen molar-refractivity contribution >= 4 is 5.91 Å². The van der Waals surface area contributed by atoms with Crippen LogP contribution in [0.3, 0.4) is 0 Å². The van der Waals surface area contributed by atoms with Gasteiger partial charge in [0.25, 0.3) is 0 Å². The number of ether oxygens (including phenoxy) is 1. The van der Waals surface area contributed by atoms with Crippen LogP contribution in [0, 0.1) is 11.7 Å². The van der Waals surface area contributed by atoms with Crippen LogP contribution in [0.25, 0.3) is 0 Å². The minimum Gasteiger partial charge on any atom is -0.489 e. The van der Waals surface area contributed by atoms with Gasteiger partial charge in [0.1, 0.15) is 6.61 Å². The molecule has 0 radical (unpaired) electrons. The summed E-state index contributed by atoms with van der Waals surface area (Å²) in [5.41, 5.74) is 1.09. The molecule has 1 aliphatic carbocycles. The molecule has 2 rings (SSSR count). The Morgan fingerprint density at radius 2 is 2.04 bits per heavy atom. The van der Waals surface area contributed by atoms with E-state index in [1.54, 1.807) is 19.2 Å². The number of halogens is 1. The Morgan fingerprint density at radius 1 is 1.30 bits per heavy atom. The van der Waals surface area contributed by atoms with Crippen molar-refractivity contribution in [2.75, 3.05) is 20.2 Å². The first-order chi connectivity index (χ1) is 13.0. The van der Waals surface area contributed by atoms with Crippen molar-refractivity contribution in [3.63, 3.8) is 0 Å². The van der Waals surface area contributed by atoms with Crippen molar-refractivity contribution in [1.29, 1.82) is 0 Å². The summed E-state index contributed by atoms with van der Waals surface area (Å²) in [5.74, 6) is 1.10. The number of amides is 1. The zero-order valence-corrected chi connectivity index (χ0v) is 16.9. The molecule has 0 aromatic heterocycles. The standard InChI is InChI=1S/C23H34FNO2/c1-4-6-7-8-18-9-11-19(12-10-18)20-13-14-22(21(24)17-20)27-16-15-25(3)23(26)5-2/h5,13-14,17-19H,2,4,6-12,15-16H2,1,3H3. The van der Waals surface area contributed by atoms with E-state index in [0.29, 0.717) is 12.5 Å². The number of carbonyl (C=O) groups excluding carboxylic acids is 1. The number of rotatable bonds is 10. The molecule has 0 bridgehead atoms. The molecule has 0 unspecified atom stereocenters. The molecule has 0 N–H and O–H groups in total. The first kappa shape index (κ1) is 21.5. The maximum absolute atomic E-state index is 14.4. The quantitative estimate of drug-likeness (QED) is 0.388. The molecular formula is C23H34FNO2. The number of unbranched alkanes of at least 4 members (excludes halogenated alkanes) is 2. The molecule has 3 nitrogen and oxygen atoms in total. The molecule has 150 valence electrons. The van der Waals surface area contributed by atoms with Gasteiger partial charge in [0.2, 0.25) is 5.91 Å². The Bertz CT molecular complexity index is 608. The van der Waals surface area contributed by atoms with E-state index in [1.807, 2.05) is 6.07 Å². The maximum atomic E-state index is 14.4. The summed E-state index contributed by atoms with van der Waals surface area (Å²) in [6.07, 6.45) is 11.4. The predicted molar refractivity (Wildman–Crippen MR) is 109 cm³/mol. The van der Waals surface area contributed by atoms with E-state index >= 15 is 0 Å². The third-order valence-corrected chi connectivity index (χ3v) is 5.73. The minimum atomic E-state index is -0.310. The van der Waals surface area contributed by atoms with Gasteiger partial charge in [-0.25, -0.2) is 4.39 Å². The lowest BCUT2D eigenvalue weighted by Gasteiger charge is -2.29. The van der Waals surface area contributed by atoms with Gasteiger partial charge in [0, 0.05) is 7.05 Å². The Hall–Kier alpha value is -1.84. The minimum absolute atomic E-state index is 0.167. The maximum Gasteiger partial charge on any atom is 0.245 e. The number of likely N-dealkylation sites (N-methyl/N-ethyl adjacent to an activating group) is 1.